The Morgan fingerprint density at radius 2 is 2.15 bits per heavy atom. The highest BCUT2D eigenvalue weighted by molar-refractivity contribution is 7.10. The van der Waals surface area contributed by atoms with E-state index in [1.165, 1.54) is 0 Å². The number of carbonyl (C=O) groups is 1. The second-order valence-electron chi connectivity index (χ2n) is 6.99. The third-order valence-electron chi connectivity index (χ3n) is 5.02. The minimum atomic E-state index is -0.116. The van der Waals surface area contributed by atoms with Crippen LogP contribution in [0, 0.1) is 5.92 Å². The second kappa shape index (κ2) is 7.62. The van der Waals surface area contributed by atoms with Crippen LogP contribution in [-0.2, 0) is 11.8 Å². The topological polar surface area (TPSA) is 71.8 Å². The van der Waals surface area contributed by atoms with E-state index in [2.05, 4.69) is 15.7 Å². The molecule has 0 radical (unpaired) electrons. The molecule has 0 aliphatic carbocycles. The first-order chi connectivity index (χ1) is 13.1. The zero-order chi connectivity index (χ0) is 18.8. The quantitative estimate of drug-likeness (QED) is 0.713. The smallest absolute Gasteiger partial charge is 0.225 e. The molecule has 27 heavy (non-hydrogen) atoms. The summed E-state index contributed by atoms with van der Waals surface area (Å²) >= 11 is 1.58. The summed E-state index contributed by atoms with van der Waals surface area (Å²) in [6.45, 7) is 3.48. The molecule has 4 rings (SSSR count). The van der Waals surface area contributed by atoms with E-state index in [-0.39, 0.29) is 23.8 Å². The van der Waals surface area contributed by atoms with Gasteiger partial charge in [0.2, 0.25) is 5.91 Å². The molecule has 7 heteroatoms. The molecule has 3 heterocycles. The highest BCUT2D eigenvalue weighted by Gasteiger charge is 2.35. The van der Waals surface area contributed by atoms with Gasteiger partial charge in [-0.05, 0) is 12.5 Å². The number of hydrogen-bond acceptors (Lipinski definition) is 5. The molecule has 1 saturated heterocycles. The van der Waals surface area contributed by atoms with Crippen LogP contribution in [0.3, 0.4) is 0 Å². The average Bonchev–Trinajstić information content (AvgIpc) is 3.42. The zero-order valence-corrected chi connectivity index (χ0v) is 16.2. The summed E-state index contributed by atoms with van der Waals surface area (Å²) < 4.78 is 1.78. The van der Waals surface area contributed by atoms with Crippen molar-refractivity contribution in [3.63, 3.8) is 0 Å². The summed E-state index contributed by atoms with van der Waals surface area (Å²) in [5, 5.41) is 13.7. The van der Waals surface area contributed by atoms with Crippen LogP contribution in [0.1, 0.15) is 29.5 Å². The average molecular weight is 382 g/mol. The van der Waals surface area contributed by atoms with Crippen molar-refractivity contribution in [1.82, 2.24) is 25.4 Å². The lowest BCUT2D eigenvalue weighted by Crippen LogP contribution is -2.35. The summed E-state index contributed by atoms with van der Waals surface area (Å²) in [4.78, 5) is 17.6. The van der Waals surface area contributed by atoms with Crippen LogP contribution in [0.5, 0.6) is 0 Å². The molecule has 3 atom stereocenters. The Kier molecular flexibility index (Phi) is 5.05. The third-order valence-corrected chi connectivity index (χ3v) is 6.05. The fourth-order valence-electron chi connectivity index (χ4n) is 3.55. The number of nitrogens with zero attached hydrogens (tertiary/aromatic N) is 3. The van der Waals surface area contributed by atoms with Crippen molar-refractivity contribution in [1.29, 1.82) is 0 Å². The number of nitrogens with one attached hydrogen (secondary N) is 2. The SMILES string of the molecule is CC(NC(=O)[C@H]1CNC[C@@H]1c1cnn(C)c1)c1nc(-c2ccccc2)cs1. The monoisotopic (exact) mass is 381 g/mol. The van der Waals surface area contributed by atoms with Crippen molar-refractivity contribution in [3.8, 4) is 11.3 Å². The summed E-state index contributed by atoms with van der Waals surface area (Å²) in [5.74, 6) is 0.130. The Balaban J connectivity index is 1.44. The lowest BCUT2D eigenvalue weighted by atomic mass is 9.90. The maximum atomic E-state index is 12.9. The van der Waals surface area contributed by atoms with Crippen molar-refractivity contribution in [3.05, 3.63) is 58.7 Å². The van der Waals surface area contributed by atoms with E-state index in [1.807, 2.05) is 62.1 Å². The van der Waals surface area contributed by atoms with Gasteiger partial charge in [-0.3, -0.25) is 9.48 Å². The number of aromatic nitrogens is 3. The number of carbonyl (C=O) groups excluding carboxylic acids is 1. The molecular formula is C20H23N5OS. The van der Waals surface area contributed by atoms with Gasteiger partial charge in [0, 0.05) is 43.2 Å². The maximum absolute atomic E-state index is 12.9. The molecule has 140 valence electrons. The number of thiazole rings is 1. The number of amides is 1. The molecule has 1 unspecified atom stereocenters. The molecule has 0 bridgehead atoms. The van der Waals surface area contributed by atoms with Crippen molar-refractivity contribution >= 4 is 17.2 Å². The number of hydrogen-bond donors (Lipinski definition) is 2. The molecule has 2 N–H and O–H groups in total. The fraction of sp³-hybridized carbons (Fsp3) is 0.350. The van der Waals surface area contributed by atoms with Gasteiger partial charge in [-0.25, -0.2) is 4.98 Å². The molecule has 1 aromatic carbocycles. The van der Waals surface area contributed by atoms with E-state index in [0.717, 1.165) is 28.4 Å². The number of rotatable bonds is 5. The molecule has 2 aromatic heterocycles. The Morgan fingerprint density at radius 3 is 2.89 bits per heavy atom. The van der Waals surface area contributed by atoms with Crippen molar-refractivity contribution in [2.75, 3.05) is 13.1 Å². The first kappa shape index (κ1) is 17.9. The van der Waals surface area contributed by atoms with Gasteiger partial charge in [-0.1, -0.05) is 30.3 Å². The summed E-state index contributed by atoms with van der Waals surface area (Å²) in [5.41, 5.74) is 3.15. The minimum Gasteiger partial charge on any atom is -0.347 e. The summed E-state index contributed by atoms with van der Waals surface area (Å²) in [6, 6.07) is 9.98. The number of aryl methyl sites for hydroxylation is 1. The van der Waals surface area contributed by atoms with Crippen LogP contribution >= 0.6 is 11.3 Å². The predicted octanol–water partition coefficient (Wildman–Crippen LogP) is 2.72. The molecule has 0 saturated carbocycles. The van der Waals surface area contributed by atoms with E-state index in [1.54, 1.807) is 16.0 Å². The Morgan fingerprint density at radius 1 is 1.33 bits per heavy atom. The van der Waals surface area contributed by atoms with E-state index in [4.69, 9.17) is 4.98 Å². The van der Waals surface area contributed by atoms with Gasteiger partial charge in [0.1, 0.15) is 5.01 Å². The lowest BCUT2D eigenvalue weighted by Gasteiger charge is -2.19. The highest BCUT2D eigenvalue weighted by atomic mass is 32.1. The molecule has 1 aliphatic heterocycles. The lowest BCUT2D eigenvalue weighted by molar-refractivity contribution is -0.125. The molecule has 1 fully saturated rings. The minimum absolute atomic E-state index is 0.0674. The Bertz CT molecular complexity index is 919. The van der Waals surface area contributed by atoms with E-state index >= 15 is 0 Å². The number of benzene rings is 1. The van der Waals surface area contributed by atoms with E-state index in [9.17, 15) is 4.79 Å². The standard InChI is InChI=1S/C20H23N5OS/c1-13(20-24-18(12-27-20)14-6-4-3-5-7-14)23-19(26)17-10-21-9-16(17)15-8-22-25(2)11-15/h3-8,11-13,16-17,21H,9-10H2,1-2H3,(H,23,26)/t13?,16-,17+/m1/s1. The van der Waals surface area contributed by atoms with Gasteiger partial charge in [0.15, 0.2) is 0 Å². The largest absolute Gasteiger partial charge is 0.347 e. The maximum Gasteiger partial charge on any atom is 0.225 e. The van der Waals surface area contributed by atoms with Gasteiger partial charge in [0.05, 0.1) is 23.9 Å². The second-order valence-corrected chi connectivity index (χ2v) is 7.88. The van der Waals surface area contributed by atoms with Crippen LogP contribution in [0.2, 0.25) is 0 Å². The van der Waals surface area contributed by atoms with Crippen molar-refractivity contribution < 1.29 is 4.79 Å². The van der Waals surface area contributed by atoms with Gasteiger partial charge >= 0.3 is 0 Å². The van der Waals surface area contributed by atoms with Crippen molar-refractivity contribution in [2.45, 2.75) is 18.9 Å². The summed E-state index contributed by atoms with van der Waals surface area (Å²) in [7, 11) is 1.90. The van der Waals surface area contributed by atoms with Crippen LogP contribution in [0.25, 0.3) is 11.3 Å². The highest BCUT2D eigenvalue weighted by Crippen LogP contribution is 2.30. The summed E-state index contributed by atoms with van der Waals surface area (Å²) in [6.07, 6.45) is 3.85. The Labute approximate surface area is 162 Å². The van der Waals surface area contributed by atoms with Gasteiger partial charge < -0.3 is 10.6 Å². The first-order valence-corrected chi connectivity index (χ1v) is 10.0. The third kappa shape index (κ3) is 3.79. The molecule has 3 aromatic rings. The molecular weight excluding hydrogens is 358 g/mol. The van der Waals surface area contributed by atoms with Crippen LogP contribution < -0.4 is 10.6 Å². The molecule has 1 amide bonds. The van der Waals surface area contributed by atoms with Crippen LogP contribution in [0.4, 0.5) is 0 Å². The van der Waals surface area contributed by atoms with Gasteiger partial charge in [0.25, 0.3) is 0 Å². The van der Waals surface area contributed by atoms with E-state index < -0.39 is 0 Å². The molecule has 0 spiro atoms. The van der Waals surface area contributed by atoms with Crippen LogP contribution in [-0.4, -0.2) is 33.8 Å². The van der Waals surface area contributed by atoms with Crippen LogP contribution in [0.15, 0.2) is 48.1 Å². The normalized spacial score (nSPS) is 20.5. The fourth-order valence-corrected chi connectivity index (χ4v) is 4.38. The van der Waals surface area contributed by atoms with Crippen molar-refractivity contribution in [2.24, 2.45) is 13.0 Å². The Hall–Kier alpha value is -2.51. The predicted molar refractivity (Wildman–Crippen MR) is 106 cm³/mol. The molecule has 6 nitrogen and oxygen atoms in total. The van der Waals surface area contributed by atoms with Gasteiger partial charge in [-0.15, -0.1) is 11.3 Å². The first-order valence-electron chi connectivity index (χ1n) is 9.12. The zero-order valence-electron chi connectivity index (χ0n) is 15.4. The molecule has 1 aliphatic rings. The van der Waals surface area contributed by atoms with Gasteiger partial charge in [-0.2, -0.15) is 5.10 Å². The van der Waals surface area contributed by atoms with E-state index in [0.29, 0.717) is 6.54 Å².